The molecule has 32 heavy (non-hydrogen) atoms. The Bertz CT molecular complexity index is 1200. The predicted molar refractivity (Wildman–Crippen MR) is 114 cm³/mol. The third kappa shape index (κ3) is 4.45. The third-order valence-electron chi connectivity index (χ3n) is 5.25. The van der Waals surface area contributed by atoms with Gasteiger partial charge in [0, 0.05) is 25.1 Å². The summed E-state index contributed by atoms with van der Waals surface area (Å²) in [6.45, 7) is 3.13. The molecule has 0 N–H and O–H groups in total. The van der Waals surface area contributed by atoms with Crippen LogP contribution in [0.3, 0.4) is 0 Å². The summed E-state index contributed by atoms with van der Waals surface area (Å²) in [6.07, 6.45) is 0.371. The van der Waals surface area contributed by atoms with Gasteiger partial charge in [-0.2, -0.15) is 4.98 Å². The first-order valence-corrected chi connectivity index (χ1v) is 10.5. The number of benzene rings is 2. The Hall–Kier alpha value is -3.79. The molecule has 3 heterocycles. The van der Waals surface area contributed by atoms with Crippen molar-refractivity contribution in [2.75, 3.05) is 26.3 Å². The van der Waals surface area contributed by atoms with Crippen molar-refractivity contribution in [2.45, 2.75) is 19.6 Å². The molecular weight excluding hydrogens is 412 g/mol. The number of fused-ring (bicyclic) bond motifs is 1. The van der Waals surface area contributed by atoms with Crippen molar-refractivity contribution in [1.29, 1.82) is 0 Å². The quantitative estimate of drug-likeness (QED) is 0.436. The molecule has 1 saturated heterocycles. The Morgan fingerprint density at radius 2 is 1.94 bits per heavy atom. The summed E-state index contributed by atoms with van der Waals surface area (Å²) in [6, 6.07) is 15.1. The normalized spacial score (nSPS) is 14.1. The van der Waals surface area contributed by atoms with Gasteiger partial charge >= 0.3 is 0 Å². The lowest BCUT2D eigenvalue weighted by molar-refractivity contribution is -0.135. The van der Waals surface area contributed by atoms with Crippen molar-refractivity contribution in [3.8, 4) is 17.1 Å². The maximum Gasteiger partial charge on any atom is 0.264 e. The van der Waals surface area contributed by atoms with Crippen molar-refractivity contribution in [2.24, 2.45) is 0 Å². The van der Waals surface area contributed by atoms with E-state index >= 15 is 0 Å². The fraction of sp³-hybridized carbons (Fsp3) is 0.318. The van der Waals surface area contributed by atoms with Gasteiger partial charge in [-0.3, -0.25) is 4.79 Å². The Morgan fingerprint density at radius 3 is 2.78 bits per heavy atom. The number of carbonyl (C=O) groups excluding carboxylic acids is 1. The highest BCUT2D eigenvalue weighted by Crippen LogP contribution is 2.22. The molecule has 1 fully saturated rings. The van der Waals surface area contributed by atoms with Crippen molar-refractivity contribution >= 4 is 16.9 Å². The lowest BCUT2D eigenvalue weighted by atomic mass is 10.2. The summed E-state index contributed by atoms with van der Waals surface area (Å²) in [5.41, 5.74) is 2.32. The molecule has 1 aliphatic heterocycles. The first-order valence-electron chi connectivity index (χ1n) is 10.5. The van der Waals surface area contributed by atoms with Crippen LogP contribution in [0.4, 0.5) is 0 Å². The first kappa shape index (κ1) is 20.1. The van der Waals surface area contributed by atoms with Crippen LogP contribution in [0.1, 0.15) is 12.3 Å². The minimum absolute atomic E-state index is 0.102. The van der Waals surface area contributed by atoms with Crippen LogP contribution in [-0.2, 0) is 22.7 Å². The summed E-state index contributed by atoms with van der Waals surface area (Å²) in [7, 11) is 0. The first-order chi connectivity index (χ1) is 15.8. The third-order valence-corrected chi connectivity index (χ3v) is 5.25. The Balaban J connectivity index is 1.24. The fourth-order valence-electron chi connectivity index (χ4n) is 3.54. The number of carbonyl (C=O) groups is 1. The highest BCUT2D eigenvalue weighted by Gasteiger charge is 2.17. The minimum Gasteiger partial charge on any atom is -0.484 e. The van der Waals surface area contributed by atoms with Gasteiger partial charge in [0.1, 0.15) is 11.3 Å². The van der Waals surface area contributed by atoms with Crippen molar-refractivity contribution in [1.82, 2.24) is 30.0 Å². The number of para-hydroxylation sites is 1. The Labute approximate surface area is 183 Å². The molecule has 1 aliphatic rings. The maximum absolute atomic E-state index is 12.4. The van der Waals surface area contributed by atoms with Gasteiger partial charge < -0.3 is 18.9 Å². The summed E-state index contributed by atoms with van der Waals surface area (Å²) >= 11 is 0. The molecule has 5 rings (SSSR count). The second kappa shape index (κ2) is 9.15. The molecule has 10 nitrogen and oxygen atoms in total. The van der Waals surface area contributed by atoms with E-state index in [9.17, 15) is 4.79 Å². The summed E-state index contributed by atoms with van der Waals surface area (Å²) in [4.78, 5) is 18.6. The van der Waals surface area contributed by atoms with E-state index in [4.69, 9.17) is 14.0 Å². The SMILES string of the molecule is O=C(CCn1nnc2cc(-c3noc(COc4ccccc4)n3)ccc21)N1CCOCC1. The van der Waals surface area contributed by atoms with Crippen LogP contribution in [0.2, 0.25) is 0 Å². The highest BCUT2D eigenvalue weighted by atomic mass is 16.5. The average molecular weight is 434 g/mol. The van der Waals surface area contributed by atoms with Gasteiger partial charge in [-0.15, -0.1) is 5.10 Å². The lowest BCUT2D eigenvalue weighted by Gasteiger charge is -2.26. The zero-order valence-electron chi connectivity index (χ0n) is 17.4. The summed E-state index contributed by atoms with van der Waals surface area (Å²) in [5, 5.41) is 12.5. The predicted octanol–water partition coefficient (Wildman–Crippen LogP) is 2.31. The van der Waals surface area contributed by atoms with E-state index in [0.717, 1.165) is 16.8 Å². The largest absolute Gasteiger partial charge is 0.484 e. The molecule has 164 valence electrons. The number of aromatic nitrogens is 5. The molecule has 2 aromatic heterocycles. The lowest BCUT2D eigenvalue weighted by Crippen LogP contribution is -2.41. The zero-order valence-corrected chi connectivity index (χ0v) is 17.4. The fourth-order valence-corrected chi connectivity index (χ4v) is 3.54. The standard InChI is InChI=1S/C22H22N6O4/c29-21(27-10-12-30-13-11-27)8-9-28-19-7-6-16(14-18(19)24-26-28)22-23-20(32-25-22)15-31-17-4-2-1-3-5-17/h1-7,14H,8-13,15H2. The number of morpholine rings is 1. The van der Waals surface area contributed by atoms with E-state index < -0.39 is 0 Å². The molecule has 0 atom stereocenters. The van der Waals surface area contributed by atoms with Crippen LogP contribution in [0.25, 0.3) is 22.4 Å². The number of amides is 1. The van der Waals surface area contributed by atoms with Crippen LogP contribution < -0.4 is 4.74 Å². The Kier molecular flexibility index (Phi) is 5.75. The van der Waals surface area contributed by atoms with Crippen LogP contribution in [0.15, 0.2) is 53.1 Å². The molecule has 0 spiro atoms. The number of ether oxygens (including phenoxy) is 2. The summed E-state index contributed by atoms with van der Waals surface area (Å²) in [5.74, 6) is 1.67. The van der Waals surface area contributed by atoms with Crippen LogP contribution in [0.5, 0.6) is 5.75 Å². The zero-order chi connectivity index (χ0) is 21.8. The molecule has 1 amide bonds. The van der Waals surface area contributed by atoms with Gasteiger partial charge in [-0.25, -0.2) is 4.68 Å². The van der Waals surface area contributed by atoms with Crippen molar-refractivity contribution in [3.63, 3.8) is 0 Å². The molecule has 0 saturated carbocycles. The van der Waals surface area contributed by atoms with Crippen molar-refractivity contribution < 1.29 is 18.8 Å². The van der Waals surface area contributed by atoms with E-state index in [2.05, 4.69) is 20.5 Å². The van der Waals surface area contributed by atoms with Gasteiger partial charge in [-0.1, -0.05) is 28.6 Å². The second-order valence-electron chi connectivity index (χ2n) is 7.37. The maximum atomic E-state index is 12.4. The van der Waals surface area contributed by atoms with E-state index in [-0.39, 0.29) is 12.5 Å². The molecule has 0 radical (unpaired) electrons. The number of hydrogen-bond acceptors (Lipinski definition) is 8. The van der Waals surface area contributed by atoms with E-state index in [1.165, 1.54) is 0 Å². The van der Waals surface area contributed by atoms with Crippen LogP contribution >= 0.6 is 0 Å². The Morgan fingerprint density at radius 1 is 1.09 bits per heavy atom. The van der Waals surface area contributed by atoms with Gasteiger partial charge in [0.25, 0.3) is 5.89 Å². The second-order valence-corrected chi connectivity index (χ2v) is 7.37. The molecule has 4 aromatic rings. The molecule has 0 aliphatic carbocycles. The van der Waals surface area contributed by atoms with E-state index in [1.807, 2.05) is 53.4 Å². The van der Waals surface area contributed by atoms with E-state index in [1.54, 1.807) is 4.68 Å². The van der Waals surface area contributed by atoms with Gasteiger partial charge in [0.05, 0.1) is 25.3 Å². The monoisotopic (exact) mass is 434 g/mol. The summed E-state index contributed by atoms with van der Waals surface area (Å²) < 4.78 is 18.0. The van der Waals surface area contributed by atoms with Gasteiger partial charge in [-0.05, 0) is 30.3 Å². The van der Waals surface area contributed by atoms with E-state index in [0.29, 0.717) is 56.5 Å². The highest BCUT2D eigenvalue weighted by molar-refractivity contribution is 5.80. The molecular formula is C22H22N6O4. The number of rotatable bonds is 7. The van der Waals surface area contributed by atoms with Gasteiger partial charge in [0.2, 0.25) is 11.7 Å². The van der Waals surface area contributed by atoms with Gasteiger partial charge in [0.15, 0.2) is 6.61 Å². The minimum atomic E-state index is 0.102. The van der Waals surface area contributed by atoms with Crippen molar-refractivity contribution in [3.05, 3.63) is 54.4 Å². The smallest absolute Gasteiger partial charge is 0.264 e. The number of hydrogen-bond donors (Lipinski definition) is 0. The number of nitrogens with zero attached hydrogens (tertiary/aromatic N) is 6. The molecule has 10 heteroatoms. The van der Waals surface area contributed by atoms with Crippen LogP contribution in [-0.4, -0.2) is 62.2 Å². The molecule has 0 bridgehead atoms. The molecule has 2 aromatic carbocycles. The number of aryl methyl sites for hydroxylation is 1. The van der Waals surface area contributed by atoms with Crippen LogP contribution in [0, 0.1) is 0 Å². The molecule has 0 unspecified atom stereocenters. The average Bonchev–Trinajstić information content (AvgIpc) is 3.49. The topological polar surface area (TPSA) is 108 Å².